The third kappa shape index (κ3) is 5.31. The summed E-state index contributed by atoms with van der Waals surface area (Å²) in [7, 11) is 0. The Morgan fingerprint density at radius 2 is 0.941 bits per heavy atom. The molecule has 0 saturated heterocycles. The van der Waals surface area contributed by atoms with Gasteiger partial charge in [-0.2, -0.15) is 0 Å². The molecule has 0 aliphatic heterocycles. The highest BCUT2D eigenvalue weighted by atomic mass is 16.3. The summed E-state index contributed by atoms with van der Waals surface area (Å²) in [6.07, 6.45) is 3.79. The Morgan fingerprint density at radius 1 is 0.559 bits per heavy atom. The van der Waals surface area contributed by atoms with Crippen LogP contribution in [0.15, 0.2) is 97.3 Å². The largest absolute Gasteiger partial charge is 0.396 e. The number of aliphatic hydroxyl groups excluding tert-OH is 2. The average molecular weight is 455 g/mol. The topological polar surface area (TPSA) is 82.4 Å². The molecule has 2 N–H and O–H groups in total. The number of hydrogen-bond donors (Lipinski definition) is 2. The van der Waals surface area contributed by atoms with Gasteiger partial charge in [0.05, 0.1) is 12.8 Å². The van der Waals surface area contributed by atoms with Gasteiger partial charge in [0, 0.05) is 24.3 Å². The lowest BCUT2D eigenvalue weighted by molar-refractivity contribution is -0.585. The lowest BCUT2D eigenvalue weighted by atomic mass is 10.0. The zero-order valence-electron chi connectivity index (χ0n) is 18.7. The second-order valence-electron chi connectivity index (χ2n) is 7.98. The van der Waals surface area contributed by atoms with Gasteiger partial charge in [-0.15, -0.1) is 9.13 Å². The van der Waals surface area contributed by atoms with Crippen LogP contribution in [0.3, 0.4) is 0 Å². The van der Waals surface area contributed by atoms with Gasteiger partial charge in [0.15, 0.2) is 12.4 Å². The van der Waals surface area contributed by atoms with Crippen LogP contribution in [0.2, 0.25) is 0 Å². The van der Waals surface area contributed by atoms with E-state index in [0.717, 1.165) is 22.3 Å². The molecule has 0 spiro atoms. The van der Waals surface area contributed by atoms with E-state index in [2.05, 4.69) is 0 Å². The lowest BCUT2D eigenvalue weighted by Gasteiger charge is -2.05. The molecular weight excluding hydrogens is 428 g/mol. The van der Waals surface area contributed by atoms with Gasteiger partial charge in [0.1, 0.15) is 13.2 Å². The molecule has 6 heteroatoms. The van der Waals surface area contributed by atoms with Crippen LogP contribution >= 0.6 is 0 Å². The van der Waals surface area contributed by atoms with Gasteiger partial charge < -0.3 is 10.2 Å². The van der Waals surface area contributed by atoms with Crippen LogP contribution in [0.4, 0.5) is 0 Å². The van der Waals surface area contributed by atoms with Crippen LogP contribution in [-0.2, 0) is 26.1 Å². The first-order valence-corrected chi connectivity index (χ1v) is 11.0. The van der Waals surface area contributed by atoms with Crippen molar-refractivity contribution in [3.8, 4) is 11.1 Å². The molecular formula is C28H26N2O4+2. The van der Waals surface area contributed by atoms with E-state index < -0.39 is 0 Å². The van der Waals surface area contributed by atoms with Gasteiger partial charge in [0.2, 0.25) is 11.4 Å². The first-order valence-electron chi connectivity index (χ1n) is 11.0. The van der Waals surface area contributed by atoms with E-state index >= 15 is 0 Å². The van der Waals surface area contributed by atoms with Gasteiger partial charge in [-0.25, -0.2) is 9.59 Å². The molecule has 2 aromatic heterocycles. The average Bonchev–Trinajstić information content (AvgIpc) is 2.89. The van der Waals surface area contributed by atoms with Crippen molar-refractivity contribution in [3.63, 3.8) is 0 Å². The van der Waals surface area contributed by atoms with Gasteiger partial charge >= 0.3 is 11.8 Å². The molecule has 4 aromatic rings. The molecule has 170 valence electrons. The van der Waals surface area contributed by atoms with Crippen LogP contribution in [-0.4, -0.2) is 22.0 Å². The summed E-state index contributed by atoms with van der Waals surface area (Å²) in [5, 5.41) is 18.9. The Balaban J connectivity index is 1.42. The number of pyridine rings is 2. The van der Waals surface area contributed by atoms with Crippen molar-refractivity contribution in [2.45, 2.75) is 26.1 Å². The molecule has 4 rings (SSSR count). The Labute approximate surface area is 198 Å². The van der Waals surface area contributed by atoms with E-state index in [1.807, 2.05) is 48.5 Å². The number of aliphatic hydroxyl groups is 2. The SMILES string of the molecule is O=C(Cc1ccc(-c2ccc(CC(=O)[n+]3ccccc3CO)cc2)cc1)[n+]1ccccc1CO. The second-order valence-corrected chi connectivity index (χ2v) is 7.98. The number of aromatic nitrogens is 2. The summed E-state index contributed by atoms with van der Waals surface area (Å²) < 4.78 is 2.95. The summed E-state index contributed by atoms with van der Waals surface area (Å²) in [5.41, 5.74) is 4.91. The van der Waals surface area contributed by atoms with Crippen molar-refractivity contribution in [3.05, 3.63) is 120 Å². The summed E-state index contributed by atoms with van der Waals surface area (Å²) in [5.74, 6) is -0.209. The molecule has 0 unspecified atom stereocenters. The highest BCUT2D eigenvalue weighted by Gasteiger charge is 2.20. The van der Waals surface area contributed by atoms with Gasteiger partial charge in [-0.1, -0.05) is 48.5 Å². The first-order chi connectivity index (χ1) is 16.6. The first kappa shape index (κ1) is 23.2. The highest BCUT2D eigenvalue weighted by molar-refractivity contribution is 5.73. The van der Waals surface area contributed by atoms with Crippen molar-refractivity contribution >= 4 is 11.8 Å². The molecule has 0 saturated carbocycles. The van der Waals surface area contributed by atoms with Crippen LogP contribution in [0.25, 0.3) is 11.1 Å². The molecule has 0 fully saturated rings. The Kier molecular flexibility index (Phi) is 7.32. The standard InChI is InChI=1S/C28H26N2O4/c31-19-25-5-1-3-15-29(25)27(33)17-21-7-11-23(12-8-21)24-13-9-22(10-14-24)18-28(34)30-16-4-2-6-26(30)20-32/h1-16,31-32H,17-20H2/q+2. The predicted molar refractivity (Wildman–Crippen MR) is 126 cm³/mol. The number of nitrogens with zero attached hydrogens (tertiary/aromatic N) is 2. The minimum absolute atomic E-state index is 0.105. The zero-order valence-corrected chi connectivity index (χ0v) is 18.7. The number of carbonyl (C=O) groups is 2. The third-order valence-electron chi connectivity index (χ3n) is 5.70. The predicted octanol–water partition coefficient (Wildman–Crippen LogP) is 2.68. The number of hydrogen-bond acceptors (Lipinski definition) is 4. The quantitative estimate of drug-likeness (QED) is 0.421. The summed E-state index contributed by atoms with van der Waals surface area (Å²) in [6, 6.07) is 26.1. The van der Waals surface area contributed by atoms with E-state index in [1.54, 1.807) is 48.8 Å². The Bertz CT molecular complexity index is 1200. The van der Waals surface area contributed by atoms with Crippen molar-refractivity contribution in [1.82, 2.24) is 0 Å². The summed E-state index contributed by atoms with van der Waals surface area (Å²) in [4.78, 5) is 25.3. The van der Waals surface area contributed by atoms with Crippen molar-refractivity contribution in [2.75, 3.05) is 0 Å². The second kappa shape index (κ2) is 10.7. The Hall–Kier alpha value is -4.00. The number of carbonyl (C=O) groups excluding carboxylic acids is 2. The molecule has 0 aliphatic rings. The van der Waals surface area contributed by atoms with Gasteiger partial charge in [-0.05, 0) is 34.4 Å². The molecule has 2 heterocycles. The maximum absolute atomic E-state index is 12.6. The highest BCUT2D eigenvalue weighted by Crippen LogP contribution is 2.21. The fourth-order valence-corrected chi connectivity index (χ4v) is 3.85. The van der Waals surface area contributed by atoms with Crippen LogP contribution < -0.4 is 9.13 Å². The van der Waals surface area contributed by atoms with Gasteiger partial charge in [0.25, 0.3) is 0 Å². The zero-order chi connectivity index (χ0) is 23.9. The monoisotopic (exact) mass is 454 g/mol. The van der Waals surface area contributed by atoms with Crippen LogP contribution in [0.5, 0.6) is 0 Å². The van der Waals surface area contributed by atoms with E-state index in [-0.39, 0.29) is 37.9 Å². The molecule has 6 nitrogen and oxygen atoms in total. The molecule has 0 aliphatic carbocycles. The maximum atomic E-state index is 12.6. The molecule has 2 aromatic carbocycles. The third-order valence-corrected chi connectivity index (χ3v) is 5.70. The van der Waals surface area contributed by atoms with E-state index in [9.17, 15) is 19.8 Å². The number of benzene rings is 2. The van der Waals surface area contributed by atoms with Crippen molar-refractivity contribution < 1.29 is 28.9 Å². The maximum Gasteiger partial charge on any atom is 0.396 e. The molecule has 0 radical (unpaired) electrons. The summed E-state index contributed by atoms with van der Waals surface area (Å²) >= 11 is 0. The van der Waals surface area contributed by atoms with E-state index in [1.165, 1.54) is 9.13 Å². The minimum atomic E-state index is -0.195. The lowest BCUT2D eigenvalue weighted by Crippen LogP contribution is -2.46. The van der Waals surface area contributed by atoms with Gasteiger partial charge in [-0.3, -0.25) is 0 Å². The van der Waals surface area contributed by atoms with Crippen molar-refractivity contribution in [1.29, 1.82) is 0 Å². The summed E-state index contributed by atoms with van der Waals surface area (Å²) in [6.45, 7) is -0.389. The fourth-order valence-electron chi connectivity index (χ4n) is 3.85. The molecule has 34 heavy (non-hydrogen) atoms. The minimum Gasteiger partial charge on any atom is -0.385 e. The van der Waals surface area contributed by atoms with Crippen molar-refractivity contribution in [2.24, 2.45) is 0 Å². The van der Waals surface area contributed by atoms with Crippen LogP contribution in [0, 0.1) is 0 Å². The van der Waals surface area contributed by atoms with Crippen LogP contribution in [0.1, 0.15) is 32.1 Å². The molecule has 0 atom stereocenters. The number of rotatable bonds is 7. The van der Waals surface area contributed by atoms with E-state index in [0.29, 0.717) is 11.4 Å². The fraction of sp³-hybridized carbons (Fsp3) is 0.143. The molecule has 0 bridgehead atoms. The Morgan fingerprint density at radius 3 is 1.29 bits per heavy atom. The smallest absolute Gasteiger partial charge is 0.385 e. The van der Waals surface area contributed by atoms with E-state index in [4.69, 9.17) is 0 Å². The molecule has 0 amide bonds. The normalized spacial score (nSPS) is 10.8.